The van der Waals surface area contributed by atoms with Crippen LogP contribution in [-0.4, -0.2) is 19.1 Å². The number of rotatable bonds is 5. The van der Waals surface area contributed by atoms with E-state index in [4.69, 9.17) is 0 Å². The lowest BCUT2D eigenvalue weighted by atomic mass is 10.4. The van der Waals surface area contributed by atoms with E-state index in [0.29, 0.717) is 6.04 Å². The summed E-state index contributed by atoms with van der Waals surface area (Å²) >= 11 is 1.74. The maximum Gasteiger partial charge on any atom is 0.0882 e. The zero-order valence-electron chi connectivity index (χ0n) is 7.63. The lowest BCUT2D eigenvalue weighted by Gasteiger charge is -2.08. The van der Waals surface area contributed by atoms with Gasteiger partial charge in [0.1, 0.15) is 0 Å². The minimum atomic E-state index is 0.579. The van der Waals surface area contributed by atoms with Gasteiger partial charge in [0.25, 0.3) is 0 Å². The van der Waals surface area contributed by atoms with Crippen LogP contribution in [0, 0.1) is 0 Å². The minimum absolute atomic E-state index is 0.579. The van der Waals surface area contributed by atoms with Crippen molar-refractivity contribution in [1.29, 1.82) is 0 Å². The van der Waals surface area contributed by atoms with Crippen LogP contribution in [0.5, 0.6) is 0 Å². The second-order valence-electron chi connectivity index (χ2n) is 3.01. The van der Waals surface area contributed by atoms with Crippen molar-refractivity contribution < 1.29 is 0 Å². The molecule has 1 aromatic heterocycles. The molecule has 1 aromatic rings. The van der Waals surface area contributed by atoms with Crippen molar-refractivity contribution in [1.82, 2.24) is 5.32 Å². The molecular weight excluding hydrogens is 168 g/mol. The Bertz CT molecular complexity index is 194. The van der Waals surface area contributed by atoms with Gasteiger partial charge >= 0.3 is 0 Å². The third kappa shape index (κ3) is 3.74. The Morgan fingerprint density at radius 3 is 2.83 bits per heavy atom. The van der Waals surface area contributed by atoms with Crippen LogP contribution < -0.4 is 10.6 Å². The summed E-state index contributed by atoms with van der Waals surface area (Å²) in [6, 6.07) is 4.73. The summed E-state index contributed by atoms with van der Waals surface area (Å²) in [4.78, 5) is 0. The number of anilines is 1. The quantitative estimate of drug-likeness (QED) is 0.685. The zero-order chi connectivity index (χ0) is 8.81. The Morgan fingerprint density at radius 2 is 2.25 bits per heavy atom. The molecule has 0 bridgehead atoms. The number of nitrogens with one attached hydrogen (secondary N) is 2. The highest BCUT2D eigenvalue weighted by atomic mass is 32.1. The monoisotopic (exact) mass is 184 g/mol. The lowest BCUT2D eigenvalue weighted by molar-refractivity contribution is 0.602. The molecule has 0 aromatic carbocycles. The smallest absolute Gasteiger partial charge is 0.0882 e. The van der Waals surface area contributed by atoms with Gasteiger partial charge in [0, 0.05) is 19.1 Å². The first kappa shape index (κ1) is 9.55. The van der Waals surface area contributed by atoms with Crippen LogP contribution in [0.1, 0.15) is 13.8 Å². The first-order valence-electron chi connectivity index (χ1n) is 4.30. The first-order chi connectivity index (χ1) is 5.79. The molecule has 1 rings (SSSR count). The Morgan fingerprint density at radius 1 is 1.42 bits per heavy atom. The number of thiophene rings is 1. The van der Waals surface area contributed by atoms with Crippen LogP contribution in [0.3, 0.4) is 0 Å². The van der Waals surface area contributed by atoms with E-state index in [1.54, 1.807) is 11.3 Å². The summed E-state index contributed by atoms with van der Waals surface area (Å²) in [5.74, 6) is 0. The summed E-state index contributed by atoms with van der Waals surface area (Å²) in [6.45, 7) is 6.34. The van der Waals surface area contributed by atoms with Gasteiger partial charge in [-0.2, -0.15) is 0 Å². The molecule has 1 heterocycles. The van der Waals surface area contributed by atoms with Crippen molar-refractivity contribution in [2.45, 2.75) is 19.9 Å². The van der Waals surface area contributed by atoms with Crippen LogP contribution in [-0.2, 0) is 0 Å². The third-order valence-electron chi connectivity index (χ3n) is 1.50. The predicted octanol–water partition coefficient (Wildman–Crippen LogP) is 2.16. The van der Waals surface area contributed by atoms with Crippen molar-refractivity contribution in [3.8, 4) is 0 Å². The SMILES string of the molecule is CC(C)NCCNc1cccs1. The first-order valence-corrected chi connectivity index (χ1v) is 5.18. The van der Waals surface area contributed by atoms with E-state index in [0.717, 1.165) is 13.1 Å². The Hall–Kier alpha value is -0.540. The standard InChI is InChI=1S/C9H16N2S/c1-8(2)10-5-6-11-9-4-3-7-12-9/h3-4,7-8,10-11H,5-6H2,1-2H3. The van der Waals surface area contributed by atoms with Gasteiger partial charge in [-0.25, -0.2) is 0 Å². The van der Waals surface area contributed by atoms with Crippen molar-refractivity contribution in [3.63, 3.8) is 0 Å². The van der Waals surface area contributed by atoms with Crippen molar-refractivity contribution in [2.75, 3.05) is 18.4 Å². The molecule has 0 aliphatic heterocycles. The van der Waals surface area contributed by atoms with Gasteiger partial charge in [-0.15, -0.1) is 11.3 Å². The van der Waals surface area contributed by atoms with Gasteiger partial charge in [-0.1, -0.05) is 13.8 Å². The van der Waals surface area contributed by atoms with Gasteiger partial charge in [0.15, 0.2) is 0 Å². The molecule has 0 unspecified atom stereocenters. The third-order valence-corrected chi connectivity index (χ3v) is 2.33. The van der Waals surface area contributed by atoms with Gasteiger partial charge in [-0.05, 0) is 17.5 Å². The summed E-state index contributed by atoms with van der Waals surface area (Å²) < 4.78 is 0. The van der Waals surface area contributed by atoms with Crippen molar-refractivity contribution in [2.24, 2.45) is 0 Å². The van der Waals surface area contributed by atoms with Gasteiger partial charge in [-0.3, -0.25) is 0 Å². The maximum atomic E-state index is 3.35. The maximum absolute atomic E-state index is 3.35. The summed E-state index contributed by atoms with van der Waals surface area (Å²) in [5.41, 5.74) is 0. The Kier molecular flexibility index (Phi) is 4.11. The second kappa shape index (κ2) is 5.17. The second-order valence-corrected chi connectivity index (χ2v) is 3.96. The van der Waals surface area contributed by atoms with Crippen LogP contribution >= 0.6 is 11.3 Å². The summed E-state index contributed by atoms with van der Waals surface area (Å²) in [6.07, 6.45) is 0. The predicted molar refractivity (Wildman–Crippen MR) is 55.9 cm³/mol. The fourth-order valence-electron chi connectivity index (χ4n) is 0.926. The molecule has 2 nitrogen and oxygen atoms in total. The van der Waals surface area contributed by atoms with Gasteiger partial charge < -0.3 is 10.6 Å². The fraction of sp³-hybridized carbons (Fsp3) is 0.556. The molecule has 0 spiro atoms. The number of hydrogen-bond acceptors (Lipinski definition) is 3. The van der Waals surface area contributed by atoms with Crippen LogP contribution in [0.25, 0.3) is 0 Å². The molecule has 0 fully saturated rings. The van der Waals surface area contributed by atoms with E-state index in [1.807, 2.05) is 0 Å². The molecule has 0 aliphatic rings. The van der Waals surface area contributed by atoms with E-state index in [-0.39, 0.29) is 0 Å². The molecular formula is C9H16N2S. The molecule has 0 amide bonds. The Labute approximate surface area is 78.0 Å². The van der Waals surface area contributed by atoms with Crippen molar-refractivity contribution >= 4 is 16.3 Å². The highest BCUT2D eigenvalue weighted by Crippen LogP contribution is 2.13. The molecule has 0 aliphatic carbocycles. The van der Waals surface area contributed by atoms with E-state index < -0.39 is 0 Å². The lowest BCUT2D eigenvalue weighted by Crippen LogP contribution is -2.28. The molecule has 12 heavy (non-hydrogen) atoms. The van der Waals surface area contributed by atoms with Crippen molar-refractivity contribution in [3.05, 3.63) is 17.5 Å². The van der Waals surface area contributed by atoms with Crippen LogP contribution in [0.2, 0.25) is 0 Å². The molecule has 0 saturated heterocycles. The zero-order valence-corrected chi connectivity index (χ0v) is 8.45. The van der Waals surface area contributed by atoms with E-state index in [1.165, 1.54) is 5.00 Å². The normalized spacial score (nSPS) is 10.6. The van der Waals surface area contributed by atoms with Gasteiger partial charge in [0.05, 0.1) is 5.00 Å². The number of hydrogen-bond donors (Lipinski definition) is 2. The molecule has 0 saturated carbocycles. The molecule has 0 radical (unpaired) electrons. The Balaban J connectivity index is 2.04. The molecule has 2 N–H and O–H groups in total. The summed E-state index contributed by atoms with van der Waals surface area (Å²) in [5, 5.41) is 10.0. The highest BCUT2D eigenvalue weighted by molar-refractivity contribution is 7.14. The largest absolute Gasteiger partial charge is 0.376 e. The van der Waals surface area contributed by atoms with E-state index in [2.05, 4.69) is 42.0 Å². The topological polar surface area (TPSA) is 24.1 Å². The van der Waals surface area contributed by atoms with Crippen LogP contribution in [0.15, 0.2) is 17.5 Å². The minimum Gasteiger partial charge on any atom is -0.376 e. The molecule has 0 atom stereocenters. The molecule has 68 valence electrons. The fourth-order valence-corrected chi connectivity index (χ4v) is 1.57. The van der Waals surface area contributed by atoms with E-state index in [9.17, 15) is 0 Å². The van der Waals surface area contributed by atoms with Crippen LogP contribution in [0.4, 0.5) is 5.00 Å². The molecule has 3 heteroatoms. The van der Waals surface area contributed by atoms with Gasteiger partial charge in [0.2, 0.25) is 0 Å². The van der Waals surface area contributed by atoms with E-state index >= 15 is 0 Å². The average Bonchev–Trinajstić information content (AvgIpc) is 2.49. The highest BCUT2D eigenvalue weighted by Gasteiger charge is 1.92. The average molecular weight is 184 g/mol. The summed E-state index contributed by atoms with van der Waals surface area (Å²) in [7, 11) is 0.